The highest BCUT2D eigenvalue weighted by Gasteiger charge is 2.27. The Morgan fingerprint density at radius 1 is 1.16 bits per heavy atom. The first-order valence-electron chi connectivity index (χ1n) is 6.47. The maximum absolute atomic E-state index is 11.7. The molecule has 0 heterocycles. The maximum atomic E-state index is 11.7. The Balaban J connectivity index is 2.13. The van der Waals surface area contributed by atoms with E-state index in [4.69, 9.17) is 0 Å². The van der Waals surface area contributed by atoms with Gasteiger partial charge in [-0.25, -0.2) is 0 Å². The van der Waals surface area contributed by atoms with Crippen LogP contribution in [-0.4, -0.2) is 11.6 Å². The lowest BCUT2D eigenvalue weighted by Gasteiger charge is -2.29. The van der Waals surface area contributed by atoms with Gasteiger partial charge in [-0.2, -0.15) is 0 Å². The van der Waals surface area contributed by atoms with E-state index < -0.39 is 0 Å². The zero-order valence-corrected chi connectivity index (χ0v) is 11.6. The molecule has 19 heavy (non-hydrogen) atoms. The molecule has 0 amide bonds. The van der Waals surface area contributed by atoms with Gasteiger partial charge in [0.25, 0.3) is 0 Å². The van der Waals surface area contributed by atoms with Crippen LogP contribution in [0.15, 0.2) is 36.0 Å². The minimum atomic E-state index is 0.00743. The third kappa shape index (κ3) is 3.53. The van der Waals surface area contributed by atoms with Gasteiger partial charge in [-0.05, 0) is 43.0 Å². The Morgan fingerprint density at radius 2 is 1.79 bits per heavy atom. The number of hydrogen-bond acceptors (Lipinski definition) is 3. The summed E-state index contributed by atoms with van der Waals surface area (Å²) in [5.74, 6) is 0.221. The average molecular weight is 257 g/mol. The molecular weight excluding hydrogens is 238 g/mol. The molecule has 3 heteroatoms. The zero-order chi connectivity index (χ0) is 14.0. The number of nitrogens with one attached hydrogen (secondary N) is 1. The van der Waals surface area contributed by atoms with Crippen molar-refractivity contribution in [3.8, 4) is 0 Å². The van der Waals surface area contributed by atoms with Crippen molar-refractivity contribution in [1.82, 2.24) is 0 Å². The molecule has 3 nitrogen and oxygen atoms in total. The molecule has 0 atom stereocenters. The van der Waals surface area contributed by atoms with Crippen LogP contribution >= 0.6 is 0 Å². The van der Waals surface area contributed by atoms with Crippen molar-refractivity contribution < 1.29 is 9.59 Å². The lowest BCUT2D eigenvalue weighted by Crippen LogP contribution is -2.24. The van der Waals surface area contributed by atoms with Crippen LogP contribution < -0.4 is 5.32 Å². The van der Waals surface area contributed by atoms with E-state index in [1.807, 2.05) is 12.1 Å². The summed E-state index contributed by atoms with van der Waals surface area (Å²) >= 11 is 0. The van der Waals surface area contributed by atoms with Crippen molar-refractivity contribution in [3.05, 3.63) is 41.6 Å². The van der Waals surface area contributed by atoms with E-state index in [0.717, 1.165) is 17.8 Å². The summed E-state index contributed by atoms with van der Waals surface area (Å²) in [5, 5.41) is 3.26. The Labute approximate surface area is 113 Å². The zero-order valence-electron chi connectivity index (χ0n) is 11.6. The highest BCUT2D eigenvalue weighted by atomic mass is 16.1. The van der Waals surface area contributed by atoms with Gasteiger partial charge in [-0.3, -0.25) is 9.59 Å². The molecule has 0 saturated heterocycles. The summed E-state index contributed by atoms with van der Waals surface area (Å²) in [7, 11) is 0. The number of carbonyl (C=O) groups excluding carboxylic acids is 2. The van der Waals surface area contributed by atoms with Gasteiger partial charge in [0.05, 0.1) is 0 Å². The van der Waals surface area contributed by atoms with E-state index in [2.05, 4.69) is 19.2 Å². The number of anilines is 1. The standard InChI is InChI=1S/C16H19NO2/c1-11(18)12-4-6-13(7-5-12)17-14-8-15(19)10-16(2,3)9-14/h4-8,17H,9-10H2,1-3H3. The number of carbonyl (C=O) groups is 2. The van der Waals surface area contributed by atoms with Crippen molar-refractivity contribution >= 4 is 17.3 Å². The SMILES string of the molecule is CC(=O)c1ccc(NC2=CC(=O)CC(C)(C)C2)cc1. The number of Topliss-reactive ketones (excluding diaryl/α,β-unsaturated/α-hetero) is 1. The van der Waals surface area contributed by atoms with Crippen molar-refractivity contribution in [2.24, 2.45) is 5.41 Å². The fourth-order valence-corrected chi connectivity index (χ4v) is 2.40. The van der Waals surface area contributed by atoms with Crippen LogP contribution in [0.5, 0.6) is 0 Å². The summed E-state index contributed by atoms with van der Waals surface area (Å²) in [5.41, 5.74) is 2.55. The molecule has 0 radical (unpaired) electrons. The fourth-order valence-electron chi connectivity index (χ4n) is 2.40. The predicted molar refractivity (Wildman–Crippen MR) is 76.2 cm³/mol. The molecular formula is C16H19NO2. The molecule has 1 N–H and O–H groups in total. The molecule has 1 aromatic carbocycles. The molecule has 0 spiro atoms. The molecule has 100 valence electrons. The van der Waals surface area contributed by atoms with Gasteiger partial charge in [-0.1, -0.05) is 13.8 Å². The van der Waals surface area contributed by atoms with Gasteiger partial charge in [0, 0.05) is 29.4 Å². The van der Waals surface area contributed by atoms with E-state index in [-0.39, 0.29) is 17.0 Å². The van der Waals surface area contributed by atoms with Crippen molar-refractivity contribution in [2.75, 3.05) is 5.32 Å². The largest absolute Gasteiger partial charge is 0.359 e. The second-order valence-corrected chi connectivity index (χ2v) is 5.91. The Bertz CT molecular complexity index is 538. The molecule has 0 fully saturated rings. The Kier molecular flexibility index (Phi) is 3.56. The molecule has 1 aliphatic rings. The molecule has 0 saturated carbocycles. The van der Waals surface area contributed by atoms with E-state index in [0.29, 0.717) is 12.0 Å². The summed E-state index contributed by atoms with van der Waals surface area (Å²) < 4.78 is 0. The summed E-state index contributed by atoms with van der Waals surface area (Å²) in [6, 6.07) is 7.31. The first kappa shape index (κ1) is 13.5. The van der Waals surface area contributed by atoms with E-state index in [1.165, 1.54) is 0 Å². The highest BCUT2D eigenvalue weighted by Crippen LogP contribution is 2.33. The molecule has 1 aromatic rings. The van der Waals surface area contributed by atoms with E-state index in [1.54, 1.807) is 25.1 Å². The van der Waals surface area contributed by atoms with Crippen molar-refractivity contribution in [2.45, 2.75) is 33.6 Å². The first-order valence-corrected chi connectivity index (χ1v) is 6.47. The van der Waals surface area contributed by atoms with Crippen LogP contribution in [0.25, 0.3) is 0 Å². The normalized spacial score (nSPS) is 17.8. The van der Waals surface area contributed by atoms with Gasteiger partial charge < -0.3 is 5.32 Å². The monoisotopic (exact) mass is 257 g/mol. The van der Waals surface area contributed by atoms with Gasteiger partial charge in [0.1, 0.15) is 0 Å². The molecule has 0 unspecified atom stereocenters. The van der Waals surface area contributed by atoms with Crippen LogP contribution in [0.3, 0.4) is 0 Å². The number of hydrogen-bond donors (Lipinski definition) is 1. The van der Waals surface area contributed by atoms with Crippen LogP contribution in [0.4, 0.5) is 5.69 Å². The van der Waals surface area contributed by atoms with Crippen LogP contribution in [0.1, 0.15) is 44.0 Å². The highest BCUT2D eigenvalue weighted by molar-refractivity contribution is 5.94. The average Bonchev–Trinajstić information content (AvgIpc) is 2.26. The summed E-state index contributed by atoms with van der Waals surface area (Å²) in [6.45, 7) is 5.74. The predicted octanol–water partition coefficient (Wildman–Crippen LogP) is 3.57. The Morgan fingerprint density at radius 3 is 2.32 bits per heavy atom. The minimum absolute atomic E-state index is 0.00743. The minimum Gasteiger partial charge on any atom is -0.359 e. The molecule has 0 aliphatic heterocycles. The third-order valence-corrected chi connectivity index (χ3v) is 3.25. The first-order chi connectivity index (χ1) is 8.85. The van der Waals surface area contributed by atoms with Crippen molar-refractivity contribution in [1.29, 1.82) is 0 Å². The molecule has 1 aliphatic carbocycles. The lowest BCUT2D eigenvalue weighted by atomic mass is 9.79. The number of ketones is 2. The van der Waals surface area contributed by atoms with Crippen LogP contribution in [0.2, 0.25) is 0 Å². The van der Waals surface area contributed by atoms with Gasteiger partial charge in [-0.15, -0.1) is 0 Å². The summed E-state index contributed by atoms with van der Waals surface area (Å²) in [4.78, 5) is 22.9. The third-order valence-electron chi connectivity index (χ3n) is 3.25. The topological polar surface area (TPSA) is 46.2 Å². The van der Waals surface area contributed by atoms with Gasteiger partial charge in [0.15, 0.2) is 11.6 Å². The van der Waals surface area contributed by atoms with Crippen LogP contribution in [-0.2, 0) is 4.79 Å². The molecule has 2 rings (SSSR count). The number of allylic oxidation sites excluding steroid dienone is 2. The maximum Gasteiger partial charge on any atom is 0.159 e. The van der Waals surface area contributed by atoms with E-state index in [9.17, 15) is 9.59 Å². The fraction of sp³-hybridized carbons (Fsp3) is 0.375. The lowest BCUT2D eigenvalue weighted by molar-refractivity contribution is -0.117. The Hall–Kier alpha value is -1.90. The van der Waals surface area contributed by atoms with Crippen molar-refractivity contribution in [3.63, 3.8) is 0 Å². The number of benzene rings is 1. The smallest absolute Gasteiger partial charge is 0.159 e. The number of rotatable bonds is 3. The second kappa shape index (κ2) is 5.00. The molecule has 0 bridgehead atoms. The quantitative estimate of drug-likeness (QED) is 0.842. The second-order valence-electron chi connectivity index (χ2n) is 5.91. The van der Waals surface area contributed by atoms with Gasteiger partial charge >= 0.3 is 0 Å². The van der Waals surface area contributed by atoms with E-state index >= 15 is 0 Å². The van der Waals surface area contributed by atoms with Crippen LogP contribution in [0, 0.1) is 5.41 Å². The van der Waals surface area contributed by atoms with Gasteiger partial charge in [0.2, 0.25) is 0 Å². The molecule has 0 aromatic heterocycles. The summed E-state index contributed by atoms with van der Waals surface area (Å²) in [6.07, 6.45) is 3.14.